The van der Waals surface area contributed by atoms with Gasteiger partial charge in [0.05, 0.1) is 0 Å². The van der Waals surface area contributed by atoms with E-state index in [1.54, 1.807) is 5.57 Å². The third kappa shape index (κ3) is 4.80. The molecule has 108 valence electrons. The second-order valence-corrected chi connectivity index (χ2v) is 6.04. The lowest BCUT2D eigenvalue weighted by molar-refractivity contribution is 0.669. The molecule has 1 aromatic rings. The maximum Gasteiger partial charge on any atom is 0.170 e. The largest absolute Gasteiger partial charge is 0.362 e. The lowest BCUT2D eigenvalue weighted by Gasteiger charge is -2.15. The smallest absolute Gasteiger partial charge is 0.170 e. The van der Waals surface area contributed by atoms with Crippen molar-refractivity contribution in [2.24, 2.45) is 0 Å². The molecule has 0 saturated heterocycles. The van der Waals surface area contributed by atoms with Gasteiger partial charge in [-0.3, -0.25) is 0 Å². The van der Waals surface area contributed by atoms with Crippen molar-refractivity contribution in [2.75, 3.05) is 11.9 Å². The van der Waals surface area contributed by atoms with Gasteiger partial charge in [0.1, 0.15) is 0 Å². The average molecular weight is 309 g/mol. The molecule has 1 aliphatic carbocycles. The van der Waals surface area contributed by atoms with Crippen molar-refractivity contribution in [3.8, 4) is 0 Å². The molecule has 2 rings (SSSR count). The highest BCUT2D eigenvalue weighted by atomic mass is 35.5. The molecule has 1 aromatic carbocycles. The molecule has 0 aliphatic heterocycles. The number of benzene rings is 1. The van der Waals surface area contributed by atoms with Crippen molar-refractivity contribution in [1.82, 2.24) is 5.32 Å². The van der Waals surface area contributed by atoms with Crippen LogP contribution in [-0.4, -0.2) is 11.7 Å². The lowest BCUT2D eigenvalue weighted by Crippen LogP contribution is -2.29. The van der Waals surface area contributed by atoms with Crippen LogP contribution in [0.5, 0.6) is 0 Å². The molecule has 0 atom stereocenters. The van der Waals surface area contributed by atoms with Gasteiger partial charge in [-0.2, -0.15) is 0 Å². The quantitative estimate of drug-likeness (QED) is 0.615. The zero-order valence-corrected chi connectivity index (χ0v) is 13.4. The van der Waals surface area contributed by atoms with E-state index in [-0.39, 0.29) is 0 Å². The fourth-order valence-corrected chi connectivity index (χ4v) is 2.75. The molecule has 0 bridgehead atoms. The summed E-state index contributed by atoms with van der Waals surface area (Å²) >= 11 is 11.3. The number of nitrogens with one attached hydrogen (secondary N) is 2. The van der Waals surface area contributed by atoms with Gasteiger partial charge in [0.25, 0.3) is 0 Å². The first-order valence-corrected chi connectivity index (χ1v) is 7.92. The van der Waals surface area contributed by atoms with E-state index in [2.05, 4.69) is 16.7 Å². The van der Waals surface area contributed by atoms with Gasteiger partial charge in [0.2, 0.25) is 0 Å². The number of hydrogen-bond acceptors (Lipinski definition) is 1. The second kappa shape index (κ2) is 7.65. The first-order valence-electron chi connectivity index (χ1n) is 7.14. The van der Waals surface area contributed by atoms with E-state index in [4.69, 9.17) is 23.8 Å². The van der Waals surface area contributed by atoms with Crippen molar-refractivity contribution < 1.29 is 0 Å². The van der Waals surface area contributed by atoms with Gasteiger partial charge in [-0.1, -0.05) is 29.3 Å². The summed E-state index contributed by atoms with van der Waals surface area (Å²) in [7, 11) is 0. The Morgan fingerprint density at radius 2 is 2.20 bits per heavy atom. The summed E-state index contributed by atoms with van der Waals surface area (Å²) in [6, 6.07) is 5.77. The van der Waals surface area contributed by atoms with Crippen LogP contribution in [0.4, 0.5) is 5.69 Å². The number of anilines is 1. The summed E-state index contributed by atoms with van der Waals surface area (Å²) in [6.45, 7) is 2.92. The van der Waals surface area contributed by atoms with E-state index in [0.717, 1.165) is 24.2 Å². The molecule has 0 spiro atoms. The molecule has 0 heterocycles. The van der Waals surface area contributed by atoms with E-state index in [0.29, 0.717) is 10.1 Å². The van der Waals surface area contributed by atoms with Crippen LogP contribution in [0.25, 0.3) is 0 Å². The van der Waals surface area contributed by atoms with E-state index in [9.17, 15) is 0 Å². The molecule has 2 N–H and O–H groups in total. The fraction of sp³-hybridized carbons (Fsp3) is 0.438. The summed E-state index contributed by atoms with van der Waals surface area (Å²) in [6.07, 6.45) is 8.61. The Morgan fingerprint density at radius 1 is 1.35 bits per heavy atom. The third-order valence-corrected chi connectivity index (χ3v) is 4.05. The van der Waals surface area contributed by atoms with Crippen LogP contribution >= 0.6 is 23.8 Å². The zero-order chi connectivity index (χ0) is 14.4. The van der Waals surface area contributed by atoms with Gasteiger partial charge >= 0.3 is 0 Å². The first kappa shape index (κ1) is 15.3. The standard InChI is InChI=1S/C16H21ClN2S/c1-12-7-8-14(17)11-15(12)19-16(20)18-10-9-13-5-3-2-4-6-13/h5,7-8,11H,2-4,6,9-10H2,1H3,(H2,18,19,20). The van der Waals surface area contributed by atoms with Crippen LogP contribution in [0.2, 0.25) is 5.02 Å². The van der Waals surface area contributed by atoms with Gasteiger partial charge in [-0.05, 0) is 68.9 Å². The molecular weight excluding hydrogens is 288 g/mol. The molecule has 0 radical (unpaired) electrons. The van der Waals surface area contributed by atoms with E-state index >= 15 is 0 Å². The van der Waals surface area contributed by atoms with Gasteiger partial charge < -0.3 is 10.6 Å². The van der Waals surface area contributed by atoms with Crippen LogP contribution in [0.1, 0.15) is 37.7 Å². The predicted octanol–water partition coefficient (Wildman–Crippen LogP) is 4.83. The second-order valence-electron chi connectivity index (χ2n) is 5.20. The van der Waals surface area contributed by atoms with Crippen LogP contribution in [0, 0.1) is 6.92 Å². The molecule has 2 nitrogen and oxygen atoms in total. The highest BCUT2D eigenvalue weighted by molar-refractivity contribution is 7.80. The Kier molecular flexibility index (Phi) is 5.86. The maximum absolute atomic E-state index is 6.00. The molecule has 0 aromatic heterocycles. The van der Waals surface area contributed by atoms with Gasteiger partial charge in [0.15, 0.2) is 5.11 Å². The van der Waals surface area contributed by atoms with Crippen LogP contribution < -0.4 is 10.6 Å². The maximum atomic E-state index is 6.00. The number of halogens is 1. The molecule has 0 saturated carbocycles. The summed E-state index contributed by atoms with van der Waals surface area (Å²) in [5, 5.41) is 7.84. The normalized spacial score (nSPS) is 14.6. The molecule has 1 aliphatic rings. The number of rotatable bonds is 4. The molecule has 0 amide bonds. The van der Waals surface area contributed by atoms with Gasteiger partial charge in [0, 0.05) is 17.3 Å². The monoisotopic (exact) mass is 308 g/mol. The summed E-state index contributed by atoms with van der Waals surface area (Å²) in [4.78, 5) is 0. The average Bonchev–Trinajstić information content (AvgIpc) is 2.44. The van der Waals surface area contributed by atoms with Crippen LogP contribution in [0.15, 0.2) is 29.8 Å². The lowest BCUT2D eigenvalue weighted by atomic mass is 9.97. The van der Waals surface area contributed by atoms with E-state index in [1.807, 2.05) is 25.1 Å². The van der Waals surface area contributed by atoms with Crippen molar-refractivity contribution in [1.29, 1.82) is 0 Å². The molecule has 0 unspecified atom stereocenters. The predicted molar refractivity (Wildman–Crippen MR) is 91.6 cm³/mol. The minimum absolute atomic E-state index is 0.659. The van der Waals surface area contributed by atoms with Crippen LogP contribution in [-0.2, 0) is 0 Å². The number of thiocarbonyl (C=S) groups is 1. The highest BCUT2D eigenvalue weighted by Gasteiger charge is 2.05. The fourth-order valence-electron chi connectivity index (χ4n) is 2.36. The summed E-state index contributed by atoms with van der Waals surface area (Å²) in [5.74, 6) is 0. The third-order valence-electron chi connectivity index (χ3n) is 3.56. The SMILES string of the molecule is Cc1ccc(Cl)cc1NC(=S)NCCC1=CCCCC1. The zero-order valence-electron chi connectivity index (χ0n) is 11.8. The molecular formula is C16H21ClN2S. The topological polar surface area (TPSA) is 24.1 Å². The van der Waals surface area contributed by atoms with E-state index in [1.165, 1.54) is 25.7 Å². The molecule has 4 heteroatoms. The van der Waals surface area contributed by atoms with Crippen molar-refractivity contribution in [3.05, 3.63) is 40.4 Å². The highest BCUT2D eigenvalue weighted by Crippen LogP contribution is 2.21. The minimum Gasteiger partial charge on any atom is -0.362 e. The number of hydrogen-bond donors (Lipinski definition) is 2. The molecule has 0 fully saturated rings. The minimum atomic E-state index is 0.659. The Labute approximate surface area is 131 Å². The molecule has 20 heavy (non-hydrogen) atoms. The van der Waals surface area contributed by atoms with E-state index < -0.39 is 0 Å². The number of allylic oxidation sites excluding steroid dienone is 1. The van der Waals surface area contributed by atoms with Gasteiger partial charge in [-0.25, -0.2) is 0 Å². The Hall–Kier alpha value is -1.06. The van der Waals surface area contributed by atoms with Crippen molar-refractivity contribution in [3.63, 3.8) is 0 Å². The summed E-state index contributed by atoms with van der Waals surface area (Å²) in [5.41, 5.74) is 3.66. The first-order chi connectivity index (χ1) is 9.65. The Balaban J connectivity index is 1.77. The Bertz CT molecular complexity index is 511. The van der Waals surface area contributed by atoms with Crippen LogP contribution in [0.3, 0.4) is 0 Å². The Morgan fingerprint density at radius 3 is 2.95 bits per heavy atom. The van der Waals surface area contributed by atoms with Crippen molar-refractivity contribution >= 4 is 34.6 Å². The summed E-state index contributed by atoms with van der Waals surface area (Å²) < 4.78 is 0. The van der Waals surface area contributed by atoms with Crippen molar-refractivity contribution in [2.45, 2.75) is 39.0 Å². The number of aryl methyl sites for hydroxylation is 1. The van der Waals surface area contributed by atoms with Gasteiger partial charge in [-0.15, -0.1) is 0 Å².